The molecule has 1 aromatic heterocycles. The average Bonchev–Trinajstić information content (AvgIpc) is 2.78. The molecule has 2 nitrogen and oxygen atoms in total. The van der Waals surface area contributed by atoms with Crippen LogP contribution in [0.3, 0.4) is 0 Å². The fourth-order valence-electron chi connectivity index (χ4n) is 4.73. The van der Waals surface area contributed by atoms with Crippen molar-refractivity contribution in [3.05, 3.63) is 77.4 Å². The van der Waals surface area contributed by atoms with Gasteiger partial charge in [0.05, 0.1) is 16.8 Å². The van der Waals surface area contributed by atoms with Crippen LogP contribution in [-0.2, 0) is 19.1 Å². The SMILES string of the molecule is CCCN1CCc2c(c(-c3ccc(C(F)(F)F)cc3)nc3ccc4ccccc4c23)C1. The fourth-order valence-corrected chi connectivity index (χ4v) is 4.73. The van der Waals surface area contributed by atoms with Gasteiger partial charge in [0.2, 0.25) is 0 Å². The zero-order chi connectivity index (χ0) is 21.6. The predicted molar refractivity (Wildman–Crippen MR) is 119 cm³/mol. The number of fused-ring (bicyclic) bond motifs is 5. The van der Waals surface area contributed by atoms with E-state index in [1.54, 1.807) is 12.1 Å². The molecule has 0 N–H and O–H groups in total. The molecule has 5 rings (SSSR count). The molecule has 0 radical (unpaired) electrons. The van der Waals surface area contributed by atoms with E-state index in [9.17, 15) is 13.2 Å². The summed E-state index contributed by atoms with van der Waals surface area (Å²) in [4.78, 5) is 7.40. The van der Waals surface area contributed by atoms with Gasteiger partial charge in [-0.2, -0.15) is 13.2 Å². The Morgan fingerprint density at radius 1 is 0.935 bits per heavy atom. The molecular formula is C26H23F3N2. The first-order valence-electron chi connectivity index (χ1n) is 10.7. The minimum Gasteiger partial charge on any atom is -0.299 e. The number of hydrogen-bond donors (Lipinski definition) is 0. The maximum Gasteiger partial charge on any atom is 0.416 e. The number of halogens is 3. The highest BCUT2D eigenvalue weighted by Crippen LogP contribution is 2.38. The molecule has 0 amide bonds. The van der Waals surface area contributed by atoms with Crippen molar-refractivity contribution < 1.29 is 13.2 Å². The minimum atomic E-state index is -4.34. The van der Waals surface area contributed by atoms with Crippen molar-refractivity contribution in [1.82, 2.24) is 9.88 Å². The van der Waals surface area contributed by atoms with Gasteiger partial charge in [-0.3, -0.25) is 4.90 Å². The molecule has 0 bridgehead atoms. The van der Waals surface area contributed by atoms with Crippen LogP contribution in [0.1, 0.15) is 30.0 Å². The third-order valence-corrected chi connectivity index (χ3v) is 6.18. The third-order valence-electron chi connectivity index (χ3n) is 6.18. The van der Waals surface area contributed by atoms with E-state index in [0.29, 0.717) is 0 Å². The highest BCUT2D eigenvalue weighted by Gasteiger charge is 2.30. The summed E-state index contributed by atoms with van der Waals surface area (Å²) in [6.45, 7) is 4.92. The van der Waals surface area contributed by atoms with Gasteiger partial charge < -0.3 is 0 Å². The van der Waals surface area contributed by atoms with Gasteiger partial charge in [-0.25, -0.2) is 4.98 Å². The van der Waals surface area contributed by atoms with E-state index in [-0.39, 0.29) is 0 Å². The Labute approximate surface area is 179 Å². The highest BCUT2D eigenvalue weighted by molar-refractivity contribution is 6.09. The molecule has 1 aliphatic rings. The van der Waals surface area contributed by atoms with E-state index in [4.69, 9.17) is 4.98 Å². The van der Waals surface area contributed by atoms with Crippen LogP contribution in [0.4, 0.5) is 13.2 Å². The summed E-state index contributed by atoms with van der Waals surface area (Å²) >= 11 is 0. The second-order valence-electron chi connectivity index (χ2n) is 8.20. The number of nitrogens with zero attached hydrogens (tertiary/aromatic N) is 2. The Balaban J connectivity index is 1.75. The number of aromatic nitrogens is 1. The lowest BCUT2D eigenvalue weighted by atomic mass is 9.89. The van der Waals surface area contributed by atoms with Crippen molar-refractivity contribution >= 4 is 21.7 Å². The first kappa shape index (κ1) is 20.0. The summed E-state index contributed by atoms with van der Waals surface area (Å²) in [6.07, 6.45) is -2.36. The summed E-state index contributed by atoms with van der Waals surface area (Å²) < 4.78 is 39.2. The van der Waals surface area contributed by atoms with Crippen molar-refractivity contribution in [1.29, 1.82) is 0 Å². The van der Waals surface area contributed by atoms with Crippen LogP contribution in [0.25, 0.3) is 32.9 Å². The molecule has 3 aromatic carbocycles. The largest absolute Gasteiger partial charge is 0.416 e. The van der Waals surface area contributed by atoms with Crippen LogP contribution in [-0.4, -0.2) is 23.0 Å². The average molecular weight is 420 g/mol. The quantitative estimate of drug-likeness (QED) is 0.337. The zero-order valence-electron chi connectivity index (χ0n) is 17.3. The number of benzene rings is 3. The molecule has 158 valence electrons. The Morgan fingerprint density at radius 3 is 2.45 bits per heavy atom. The Kier molecular flexibility index (Phi) is 4.94. The van der Waals surface area contributed by atoms with E-state index in [2.05, 4.69) is 30.0 Å². The summed E-state index contributed by atoms with van der Waals surface area (Å²) in [5, 5.41) is 3.55. The van der Waals surface area contributed by atoms with Gasteiger partial charge in [-0.1, -0.05) is 49.4 Å². The predicted octanol–water partition coefficient (Wildman–Crippen LogP) is 6.84. The molecule has 0 unspecified atom stereocenters. The van der Waals surface area contributed by atoms with Crippen LogP contribution in [0.15, 0.2) is 60.7 Å². The van der Waals surface area contributed by atoms with Gasteiger partial charge in [0.1, 0.15) is 0 Å². The van der Waals surface area contributed by atoms with Crippen molar-refractivity contribution in [2.24, 2.45) is 0 Å². The lowest BCUT2D eigenvalue weighted by Gasteiger charge is -2.31. The van der Waals surface area contributed by atoms with E-state index in [1.165, 1.54) is 21.7 Å². The van der Waals surface area contributed by atoms with E-state index < -0.39 is 11.7 Å². The lowest BCUT2D eigenvalue weighted by molar-refractivity contribution is -0.137. The zero-order valence-corrected chi connectivity index (χ0v) is 17.3. The lowest BCUT2D eigenvalue weighted by Crippen LogP contribution is -2.32. The van der Waals surface area contributed by atoms with Gasteiger partial charge >= 0.3 is 6.18 Å². The van der Waals surface area contributed by atoms with Crippen LogP contribution >= 0.6 is 0 Å². The van der Waals surface area contributed by atoms with Crippen LogP contribution in [0.2, 0.25) is 0 Å². The van der Waals surface area contributed by atoms with Crippen LogP contribution in [0, 0.1) is 0 Å². The molecule has 0 aliphatic carbocycles. The molecule has 0 fully saturated rings. The monoisotopic (exact) mass is 420 g/mol. The molecular weight excluding hydrogens is 397 g/mol. The second kappa shape index (κ2) is 7.65. The van der Waals surface area contributed by atoms with Gasteiger partial charge in [0, 0.05) is 24.0 Å². The molecule has 2 heterocycles. The van der Waals surface area contributed by atoms with Gasteiger partial charge in [0.15, 0.2) is 0 Å². The smallest absolute Gasteiger partial charge is 0.299 e. The topological polar surface area (TPSA) is 16.1 Å². The third kappa shape index (κ3) is 3.57. The van der Waals surface area contributed by atoms with Crippen molar-refractivity contribution in [2.75, 3.05) is 13.1 Å². The minimum absolute atomic E-state index is 0.635. The second-order valence-corrected chi connectivity index (χ2v) is 8.20. The molecule has 4 aromatic rings. The Hall–Kier alpha value is -2.92. The van der Waals surface area contributed by atoms with Gasteiger partial charge in [0.25, 0.3) is 0 Å². The molecule has 0 spiro atoms. The molecule has 0 saturated carbocycles. The summed E-state index contributed by atoms with van der Waals surface area (Å²) in [6, 6.07) is 17.8. The molecule has 5 heteroatoms. The summed E-state index contributed by atoms with van der Waals surface area (Å²) in [7, 11) is 0. The van der Waals surface area contributed by atoms with E-state index in [0.717, 1.165) is 66.9 Å². The number of pyridine rings is 1. The highest BCUT2D eigenvalue weighted by atomic mass is 19.4. The first-order valence-corrected chi connectivity index (χ1v) is 10.7. The molecule has 0 saturated heterocycles. The maximum atomic E-state index is 13.1. The van der Waals surface area contributed by atoms with Crippen LogP contribution in [0.5, 0.6) is 0 Å². The Morgan fingerprint density at radius 2 is 1.71 bits per heavy atom. The van der Waals surface area contributed by atoms with E-state index >= 15 is 0 Å². The van der Waals surface area contributed by atoms with Crippen LogP contribution < -0.4 is 0 Å². The van der Waals surface area contributed by atoms with Crippen molar-refractivity contribution in [2.45, 2.75) is 32.5 Å². The molecule has 1 aliphatic heterocycles. The van der Waals surface area contributed by atoms with Gasteiger partial charge in [-0.05, 0) is 59.5 Å². The van der Waals surface area contributed by atoms with E-state index in [1.807, 2.05) is 18.2 Å². The number of alkyl halides is 3. The summed E-state index contributed by atoms with van der Waals surface area (Å²) in [5.74, 6) is 0. The van der Waals surface area contributed by atoms with Crippen molar-refractivity contribution in [3.8, 4) is 11.3 Å². The standard InChI is InChI=1S/C26H23F3N2/c1-2-14-31-15-13-21-22(16-31)25(18-7-10-19(11-8-18)26(27,28)29)30-23-12-9-17-5-3-4-6-20(17)24(21)23/h3-12H,2,13-16H2,1H3. The van der Waals surface area contributed by atoms with Gasteiger partial charge in [-0.15, -0.1) is 0 Å². The first-order chi connectivity index (χ1) is 15.0. The fraction of sp³-hybridized carbons (Fsp3) is 0.269. The molecule has 31 heavy (non-hydrogen) atoms. The summed E-state index contributed by atoms with van der Waals surface area (Å²) in [5.41, 5.74) is 4.22. The maximum absolute atomic E-state index is 13.1. The Bertz CT molecular complexity index is 1260. The molecule has 0 atom stereocenters. The number of rotatable bonds is 3. The number of hydrogen-bond acceptors (Lipinski definition) is 2. The van der Waals surface area contributed by atoms with Crippen molar-refractivity contribution in [3.63, 3.8) is 0 Å². The normalized spacial score (nSPS) is 14.8.